The maximum Gasteiger partial charge on any atom is 0.263 e. The molecule has 0 radical (unpaired) electrons. The van der Waals surface area contributed by atoms with Gasteiger partial charge in [-0.2, -0.15) is 0 Å². The second-order valence-corrected chi connectivity index (χ2v) is 7.45. The fourth-order valence-corrected chi connectivity index (χ4v) is 3.35. The molecular formula is C17H19N3O2S. The van der Waals surface area contributed by atoms with Gasteiger partial charge in [0.05, 0.1) is 18.3 Å². The summed E-state index contributed by atoms with van der Waals surface area (Å²) in [5.41, 5.74) is 7.21. The van der Waals surface area contributed by atoms with Crippen molar-refractivity contribution in [1.82, 2.24) is 10.3 Å². The lowest BCUT2D eigenvalue weighted by Crippen LogP contribution is -2.40. The highest BCUT2D eigenvalue weighted by Crippen LogP contribution is 2.35. The maximum absolute atomic E-state index is 12.4. The number of nitrogen functional groups attached to an aromatic ring is 1. The number of aromatic nitrogens is 1. The molecule has 0 saturated carbocycles. The number of fused-ring (bicyclic) bond motifs is 2. The molecule has 0 fully saturated rings. The Morgan fingerprint density at radius 3 is 2.70 bits per heavy atom. The Labute approximate surface area is 138 Å². The first-order valence-corrected chi connectivity index (χ1v) is 8.09. The number of hydrogen-bond donors (Lipinski definition) is 2. The quantitative estimate of drug-likeness (QED) is 0.753. The van der Waals surface area contributed by atoms with Gasteiger partial charge in [-0.1, -0.05) is 0 Å². The molecule has 5 nitrogen and oxygen atoms in total. The van der Waals surface area contributed by atoms with Crippen molar-refractivity contribution in [2.24, 2.45) is 0 Å². The SMILES string of the molecule is COc1ccc2nc3sc(C(=O)NC(C)(C)C)c(N)c3cc2c1. The zero-order valence-corrected chi connectivity index (χ0v) is 14.4. The standard InChI is InChI=1S/C17H19N3O2S/c1-17(2,3)20-15(21)14-13(18)11-8-9-7-10(22-4)5-6-12(9)19-16(11)23-14/h5-8H,18H2,1-4H3,(H,20,21). The van der Waals surface area contributed by atoms with Gasteiger partial charge in [0.25, 0.3) is 5.91 Å². The number of anilines is 1. The lowest BCUT2D eigenvalue weighted by atomic mass is 10.1. The van der Waals surface area contributed by atoms with E-state index in [1.165, 1.54) is 11.3 Å². The minimum Gasteiger partial charge on any atom is -0.497 e. The van der Waals surface area contributed by atoms with Gasteiger partial charge < -0.3 is 15.8 Å². The van der Waals surface area contributed by atoms with Crippen molar-refractivity contribution in [2.45, 2.75) is 26.3 Å². The third kappa shape index (κ3) is 2.94. The van der Waals surface area contributed by atoms with Gasteiger partial charge in [0, 0.05) is 16.3 Å². The summed E-state index contributed by atoms with van der Waals surface area (Å²) in [5.74, 6) is 0.595. The van der Waals surface area contributed by atoms with Crippen LogP contribution in [0.5, 0.6) is 5.75 Å². The Bertz CT molecular complexity index is 909. The van der Waals surface area contributed by atoms with Crippen molar-refractivity contribution in [3.05, 3.63) is 29.1 Å². The number of hydrogen-bond acceptors (Lipinski definition) is 5. The third-order valence-electron chi connectivity index (χ3n) is 3.42. The topological polar surface area (TPSA) is 77.2 Å². The smallest absolute Gasteiger partial charge is 0.263 e. The first-order chi connectivity index (χ1) is 10.8. The van der Waals surface area contributed by atoms with E-state index in [9.17, 15) is 4.79 Å². The molecule has 2 heterocycles. The summed E-state index contributed by atoms with van der Waals surface area (Å²) in [6.07, 6.45) is 0. The number of pyridine rings is 1. The van der Waals surface area contributed by atoms with E-state index in [1.54, 1.807) is 7.11 Å². The highest BCUT2D eigenvalue weighted by molar-refractivity contribution is 7.21. The molecule has 0 aliphatic heterocycles. The van der Waals surface area contributed by atoms with Crippen LogP contribution in [0.2, 0.25) is 0 Å². The van der Waals surface area contributed by atoms with Crippen LogP contribution in [0.1, 0.15) is 30.4 Å². The highest BCUT2D eigenvalue weighted by atomic mass is 32.1. The third-order valence-corrected chi connectivity index (χ3v) is 4.53. The zero-order valence-electron chi connectivity index (χ0n) is 13.6. The molecule has 0 saturated heterocycles. The van der Waals surface area contributed by atoms with Crippen LogP contribution in [0, 0.1) is 0 Å². The monoisotopic (exact) mass is 329 g/mol. The minimum atomic E-state index is -0.314. The molecule has 3 aromatic rings. The van der Waals surface area contributed by atoms with Crippen molar-refractivity contribution < 1.29 is 9.53 Å². The average molecular weight is 329 g/mol. The fourth-order valence-electron chi connectivity index (χ4n) is 2.37. The fraction of sp³-hybridized carbons (Fsp3) is 0.294. The molecular weight excluding hydrogens is 310 g/mol. The molecule has 0 atom stereocenters. The first-order valence-electron chi connectivity index (χ1n) is 7.28. The van der Waals surface area contributed by atoms with Crippen molar-refractivity contribution in [1.29, 1.82) is 0 Å². The summed E-state index contributed by atoms with van der Waals surface area (Å²) >= 11 is 1.32. The van der Waals surface area contributed by atoms with E-state index in [4.69, 9.17) is 10.5 Å². The number of thiophene rings is 1. The molecule has 0 aliphatic rings. The Hall–Kier alpha value is -2.34. The summed E-state index contributed by atoms with van der Waals surface area (Å²) < 4.78 is 5.24. The molecule has 0 bridgehead atoms. The van der Waals surface area contributed by atoms with Crippen LogP contribution in [0.15, 0.2) is 24.3 Å². The van der Waals surface area contributed by atoms with Gasteiger partial charge in [-0.3, -0.25) is 4.79 Å². The molecule has 0 spiro atoms. The van der Waals surface area contributed by atoms with Crippen molar-refractivity contribution in [3.63, 3.8) is 0 Å². The normalized spacial score (nSPS) is 11.8. The lowest BCUT2D eigenvalue weighted by Gasteiger charge is -2.19. The average Bonchev–Trinajstić information content (AvgIpc) is 2.79. The van der Waals surface area contributed by atoms with E-state index in [1.807, 2.05) is 45.0 Å². The predicted molar refractivity (Wildman–Crippen MR) is 95.3 cm³/mol. The van der Waals surface area contributed by atoms with Crippen molar-refractivity contribution in [3.8, 4) is 5.75 Å². The van der Waals surface area contributed by atoms with E-state index in [2.05, 4.69) is 10.3 Å². The second-order valence-electron chi connectivity index (χ2n) is 6.45. The van der Waals surface area contributed by atoms with E-state index >= 15 is 0 Å². The molecule has 0 unspecified atom stereocenters. The van der Waals surface area contributed by atoms with Gasteiger partial charge in [0.15, 0.2) is 0 Å². The van der Waals surface area contributed by atoms with E-state index in [-0.39, 0.29) is 11.4 Å². The molecule has 6 heteroatoms. The Balaban J connectivity index is 2.14. The summed E-state index contributed by atoms with van der Waals surface area (Å²) in [5, 5.41) is 4.68. The van der Waals surface area contributed by atoms with E-state index < -0.39 is 0 Å². The molecule has 0 aliphatic carbocycles. The summed E-state index contributed by atoms with van der Waals surface area (Å²) in [6.45, 7) is 5.81. The van der Waals surface area contributed by atoms with Gasteiger partial charge in [-0.05, 0) is 45.0 Å². The van der Waals surface area contributed by atoms with Crippen molar-refractivity contribution in [2.75, 3.05) is 12.8 Å². The zero-order chi connectivity index (χ0) is 16.8. The van der Waals surface area contributed by atoms with Crippen LogP contribution in [0.3, 0.4) is 0 Å². The number of carbonyl (C=O) groups excluding carboxylic acids is 1. The Morgan fingerprint density at radius 1 is 1.30 bits per heavy atom. The summed E-state index contributed by atoms with van der Waals surface area (Å²) in [7, 11) is 1.63. The van der Waals surface area contributed by atoms with E-state index in [0.717, 1.165) is 26.9 Å². The van der Waals surface area contributed by atoms with Crippen LogP contribution in [-0.4, -0.2) is 23.5 Å². The Morgan fingerprint density at radius 2 is 2.04 bits per heavy atom. The number of methoxy groups -OCH3 is 1. The van der Waals surface area contributed by atoms with Crippen LogP contribution >= 0.6 is 11.3 Å². The highest BCUT2D eigenvalue weighted by Gasteiger charge is 2.21. The van der Waals surface area contributed by atoms with Gasteiger partial charge in [0.1, 0.15) is 15.5 Å². The molecule has 1 aromatic carbocycles. The van der Waals surface area contributed by atoms with Crippen LogP contribution in [-0.2, 0) is 0 Å². The van der Waals surface area contributed by atoms with Gasteiger partial charge in [-0.25, -0.2) is 4.98 Å². The number of rotatable bonds is 2. The van der Waals surface area contributed by atoms with Gasteiger partial charge in [-0.15, -0.1) is 11.3 Å². The predicted octanol–water partition coefficient (Wildman–Crippen LogP) is 3.57. The number of benzene rings is 1. The number of carbonyl (C=O) groups is 1. The minimum absolute atomic E-state index is 0.167. The number of nitrogens with one attached hydrogen (secondary N) is 1. The summed E-state index contributed by atoms with van der Waals surface area (Å²) in [6, 6.07) is 7.64. The van der Waals surface area contributed by atoms with Gasteiger partial charge in [0.2, 0.25) is 0 Å². The van der Waals surface area contributed by atoms with Crippen LogP contribution in [0.25, 0.3) is 21.1 Å². The second kappa shape index (κ2) is 5.38. The number of nitrogens with two attached hydrogens (primary N) is 1. The van der Waals surface area contributed by atoms with E-state index in [0.29, 0.717) is 10.6 Å². The maximum atomic E-state index is 12.4. The molecule has 23 heavy (non-hydrogen) atoms. The van der Waals surface area contributed by atoms with Crippen LogP contribution < -0.4 is 15.8 Å². The molecule has 2 aromatic heterocycles. The number of nitrogens with zero attached hydrogens (tertiary/aromatic N) is 1. The number of ether oxygens (including phenoxy) is 1. The molecule has 1 amide bonds. The molecule has 120 valence electrons. The van der Waals surface area contributed by atoms with Crippen molar-refractivity contribution >= 4 is 44.1 Å². The van der Waals surface area contributed by atoms with Gasteiger partial charge >= 0.3 is 0 Å². The first kappa shape index (κ1) is 15.6. The molecule has 3 N–H and O–H groups in total. The van der Waals surface area contributed by atoms with Crippen LogP contribution in [0.4, 0.5) is 5.69 Å². The number of amides is 1. The molecule has 3 rings (SSSR count). The lowest BCUT2D eigenvalue weighted by molar-refractivity contribution is 0.0924. The Kier molecular flexibility index (Phi) is 3.64. The summed E-state index contributed by atoms with van der Waals surface area (Å²) in [4.78, 5) is 18.3. The largest absolute Gasteiger partial charge is 0.497 e.